The number of allylic oxidation sites excluding steroid dienone is 2. The fourth-order valence-electron chi connectivity index (χ4n) is 1.43. The summed E-state index contributed by atoms with van der Waals surface area (Å²) in [5.41, 5.74) is 1.52. The van der Waals surface area contributed by atoms with Crippen LogP contribution in [0, 0.1) is 0 Å². The van der Waals surface area contributed by atoms with Gasteiger partial charge in [-0.15, -0.1) is 6.58 Å². The van der Waals surface area contributed by atoms with Crippen LogP contribution in [0.1, 0.15) is 22.3 Å². The second-order valence-electron chi connectivity index (χ2n) is 3.03. The fraction of sp³-hybridized carbons (Fsp3) is 0.0833. The van der Waals surface area contributed by atoms with Crippen molar-refractivity contribution in [3.63, 3.8) is 0 Å². The Hall–Kier alpha value is -1.83. The summed E-state index contributed by atoms with van der Waals surface area (Å²) < 4.78 is 5.11. The third kappa shape index (κ3) is 1.35. The molecule has 14 heavy (non-hydrogen) atoms. The first-order valence-electron chi connectivity index (χ1n) is 4.45. The van der Waals surface area contributed by atoms with E-state index in [1.54, 1.807) is 12.1 Å². The van der Waals surface area contributed by atoms with Gasteiger partial charge < -0.3 is 4.74 Å². The van der Waals surface area contributed by atoms with Gasteiger partial charge in [-0.05, 0) is 18.6 Å². The number of cyclic esters (lactones) is 1. The highest BCUT2D eigenvalue weighted by Gasteiger charge is 2.24. The van der Waals surface area contributed by atoms with Gasteiger partial charge >= 0.3 is 5.97 Å². The molecule has 0 aromatic heterocycles. The van der Waals surface area contributed by atoms with Crippen LogP contribution in [0.25, 0.3) is 5.76 Å². The maximum Gasteiger partial charge on any atom is 0.344 e. The Morgan fingerprint density at radius 3 is 2.71 bits per heavy atom. The van der Waals surface area contributed by atoms with Gasteiger partial charge in [0.15, 0.2) is 0 Å². The summed E-state index contributed by atoms with van der Waals surface area (Å²) in [7, 11) is 0. The predicted molar refractivity (Wildman–Crippen MR) is 54.6 cm³/mol. The summed E-state index contributed by atoms with van der Waals surface area (Å²) in [6, 6.07) is 7.38. The molecular formula is C12H10O2. The molecule has 2 heteroatoms. The van der Waals surface area contributed by atoms with Crippen molar-refractivity contribution in [2.75, 3.05) is 0 Å². The van der Waals surface area contributed by atoms with Gasteiger partial charge in [0, 0.05) is 5.56 Å². The van der Waals surface area contributed by atoms with Gasteiger partial charge in [0.1, 0.15) is 5.76 Å². The summed E-state index contributed by atoms with van der Waals surface area (Å²) in [5.74, 6) is 0.376. The van der Waals surface area contributed by atoms with E-state index in [2.05, 4.69) is 6.58 Å². The van der Waals surface area contributed by atoms with E-state index in [4.69, 9.17) is 4.74 Å². The largest absolute Gasteiger partial charge is 0.423 e. The van der Waals surface area contributed by atoms with Crippen LogP contribution in [-0.4, -0.2) is 5.97 Å². The molecule has 1 aromatic carbocycles. The van der Waals surface area contributed by atoms with Crippen molar-refractivity contribution in [2.24, 2.45) is 0 Å². The molecule has 0 atom stereocenters. The quantitative estimate of drug-likeness (QED) is 0.524. The number of esters is 1. The molecule has 2 nitrogen and oxygen atoms in total. The molecule has 1 aliphatic heterocycles. The number of carbonyl (C=O) groups excluding carboxylic acids is 1. The summed E-state index contributed by atoms with van der Waals surface area (Å²) in [4.78, 5) is 11.4. The van der Waals surface area contributed by atoms with Crippen LogP contribution >= 0.6 is 0 Å². The van der Waals surface area contributed by atoms with Gasteiger partial charge in [0.05, 0.1) is 5.56 Å². The molecule has 0 saturated carbocycles. The van der Waals surface area contributed by atoms with Crippen LogP contribution in [0.2, 0.25) is 0 Å². The lowest BCUT2D eigenvalue weighted by molar-refractivity contribution is 0.0715. The number of benzene rings is 1. The molecule has 0 unspecified atom stereocenters. The van der Waals surface area contributed by atoms with E-state index in [1.807, 2.05) is 24.3 Å². The zero-order valence-corrected chi connectivity index (χ0v) is 7.69. The Kier molecular flexibility index (Phi) is 2.19. The molecule has 1 aliphatic rings. The Balaban J connectivity index is 2.43. The Morgan fingerprint density at radius 1 is 1.29 bits per heavy atom. The van der Waals surface area contributed by atoms with Crippen molar-refractivity contribution < 1.29 is 9.53 Å². The second-order valence-corrected chi connectivity index (χ2v) is 3.03. The minimum Gasteiger partial charge on any atom is -0.423 e. The molecular weight excluding hydrogens is 176 g/mol. The van der Waals surface area contributed by atoms with Crippen LogP contribution in [0.15, 0.2) is 43.0 Å². The zero-order chi connectivity index (χ0) is 9.97. The third-order valence-corrected chi connectivity index (χ3v) is 2.09. The summed E-state index contributed by atoms with van der Waals surface area (Å²) in [6.07, 6.45) is 4.33. The second kappa shape index (κ2) is 3.50. The minimum absolute atomic E-state index is 0.268. The van der Waals surface area contributed by atoms with Crippen molar-refractivity contribution in [1.29, 1.82) is 0 Å². The first-order chi connectivity index (χ1) is 6.83. The topological polar surface area (TPSA) is 26.3 Å². The number of hydrogen-bond acceptors (Lipinski definition) is 2. The standard InChI is InChI=1S/C12H10O2/c1-2-3-8-11-9-6-4-5-7-10(9)12(13)14-11/h2,4-8H,1,3H2/b11-8-. The van der Waals surface area contributed by atoms with Gasteiger partial charge in [-0.1, -0.05) is 24.3 Å². The maximum atomic E-state index is 11.4. The van der Waals surface area contributed by atoms with Crippen molar-refractivity contribution in [3.05, 3.63) is 54.1 Å². The molecule has 0 saturated heterocycles. The average molecular weight is 186 g/mol. The molecule has 2 rings (SSSR count). The predicted octanol–water partition coefficient (Wildman–Crippen LogP) is 2.77. The molecule has 0 radical (unpaired) electrons. The number of ether oxygens (including phenoxy) is 1. The lowest BCUT2D eigenvalue weighted by Crippen LogP contribution is -1.92. The highest BCUT2D eigenvalue weighted by Crippen LogP contribution is 2.29. The lowest BCUT2D eigenvalue weighted by atomic mass is 10.1. The van der Waals surface area contributed by atoms with E-state index < -0.39 is 0 Å². The molecule has 1 aromatic rings. The van der Waals surface area contributed by atoms with Crippen molar-refractivity contribution >= 4 is 11.7 Å². The van der Waals surface area contributed by atoms with Gasteiger partial charge in [0.2, 0.25) is 0 Å². The third-order valence-electron chi connectivity index (χ3n) is 2.09. The van der Waals surface area contributed by atoms with E-state index in [0.717, 1.165) is 5.56 Å². The molecule has 0 N–H and O–H groups in total. The van der Waals surface area contributed by atoms with Crippen LogP contribution in [0.4, 0.5) is 0 Å². The Bertz CT molecular complexity index is 416. The minimum atomic E-state index is -0.268. The van der Waals surface area contributed by atoms with E-state index in [-0.39, 0.29) is 5.97 Å². The highest BCUT2D eigenvalue weighted by molar-refractivity contribution is 6.02. The van der Waals surface area contributed by atoms with E-state index >= 15 is 0 Å². The summed E-state index contributed by atoms with van der Waals surface area (Å²) >= 11 is 0. The molecule has 1 heterocycles. The van der Waals surface area contributed by atoms with Crippen LogP contribution in [0.5, 0.6) is 0 Å². The van der Waals surface area contributed by atoms with Gasteiger partial charge in [-0.2, -0.15) is 0 Å². The van der Waals surface area contributed by atoms with Gasteiger partial charge in [0.25, 0.3) is 0 Å². The molecule has 70 valence electrons. The fourth-order valence-corrected chi connectivity index (χ4v) is 1.43. The first-order valence-corrected chi connectivity index (χ1v) is 4.45. The highest BCUT2D eigenvalue weighted by atomic mass is 16.5. The lowest BCUT2D eigenvalue weighted by Gasteiger charge is -1.95. The van der Waals surface area contributed by atoms with Crippen LogP contribution in [0.3, 0.4) is 0 Å². The van der Waals surface area contributed by atoms with E-state index in [9.17, 15) is 4.79 Å². The van der Waals surface area contributed by atoms with Crippen molar-refractivity contribution in [1.82, 2.24) is 0 Å². The molecule has 0 fully saturated rings. The SMILES string of the molecule is C=CC/C=C1\OC(=O)c2ccccc21. The van der Waals surface area contributed by atoms with Gasteiger partial charge in [-0.25, -0.2) is 4.79 Å². The Labute approximate surface area is 82.5 Å². The molecule has 0 amide bonds. The maximum absolute atomic E-state index is 11.4. The average Bonchev–Trinajstić information content (AvgIpc) is 2.54. The summed E-state index contributed by atoms with van der Waals surface area (Å²) in [5, 5.41) is 0. The number of fused-ring (bicyclic) bond motifs is 1. The first kappa shape index (κ1) is 8.75. The molecule has 0 aliphatic carbocycles. The summed E-state index contributed by atoms with van der Waals surface area (Å²) in [6.45, 7) is 3.61. The van der Waals surface area contributed by atoms with E-state index in [0.29, 0.717) is 17.7 Å². The van der Waals surface area contributed by atoms with Crippen LogP contribution < -0.4 is 0 Å². The van der Waals surface area contributed by atoms with Gasteiger partial charge in [-0.3, -0.25) is 0 Å². The number of rotatable bonds is 2. The van der Waals surface area contributed by atoms with E-state index in [1.165, 1.54) is 0 Å². The van der Waals surface area contributed by atoms with Crippen molar-refractivity contribution in [2.45, 2.75) is 6.42 Å². The van der Waals surface area contributed by atoms with Crippen molar-refractivity contribution in [3.8, 4) is 0 Å². The number of hydrogen-bond donors (Lipinski definition) is 0. The zero-order valence-electron chi connectivity index (χ0n) is 7.69. The Morgan fingerprint density at radius 2 is 2.00 bits per heavy atom. The molecule has 0 spiro atoms. The van der Waals surface area contributed by atoms with Crippen LogP contribution in [-0.2, 0) is 4.74 Å². The number of carbonyl (C=O) groups is 1. The normalized spacial score (nSPS) is 16.6. The monoisotopic (exact) mass is 186 g/mol. The molecule has 0 bridgehead atoms. The smallest absolute Gasteiger partial charge is 0.344 e.